The normalized spacial score (nSPS) is 14.2. The van der Waals surface area contributed by atoms with E-state index in [1.807, 2.05) is 19.2 Å². The fourth-order valence-electron chi connectivity index (χ4n) is 1.12. The number of aryl methyl sites for hydroxylation is 1. The quantitative estimate of drug-likeness (QED) is 0.766. The maximum absolute atomic E-state index is 11.9. The van der Waals surface area contributed by atoms with Crippen LogP contribution in [-0.2, 0) is 6.42 Å². The number of alkyl halides is 3. The topological polar surface area (TPSA) is 12.9 Å². The first-order valence-corrected chi connectivity index (χ1v) is 5.81. The van der Waals surface area contributed by atoms with Crippen molar-refractivity contribution in [3.05, 3.63) is 16.1 Å². The van der Waals surface area contributed by atoms with Crippen molar-refractivity contribution < 1.29 is 13.2 Å². The maximum Gasteiger partial charge on any atom is 0.389 e. The molecule has 1 nitrogen and oxygen atoms in total. The highest BCUT2D eigenvalue weighted by Crippen LogP contribution is 2.25. The molecule has 1 aromatic rings. The fourth-order valence-corrected chi connectivity index (χ4v) is 2.04. The van der Waals surface area contributed by atoms with Gasteiger partial charge in [-0.3, -0.25) is 0 Å². The van der Waals surface area contributed by atoms with E-state index in [4.69, 9.17) is 0 Å². The average molecular weight is 237 g/mol. The van der Waals surface area contributed by atoms with Gasteiger partial charge in [0.05, 0.1) is 10.7 Å². The maximum atomic E-state index is 11.9. The van der Waals surface area contributed by atoms with Crippen molar-refractivity contribution in [3.8, 4) is 0 Å². The van der Waals surface area contributed by atoms with Crippen molar-refractivity contribution >= 4 is 11.3 Å². The number of hydrogen-bond donors (Lipinski definition) is 0. The molecule has 0 saturated heterocycles. The molecule has 1 unspecified atom stereocenters. The van der Waals surface area contributed by atoms with Crippen molar-refractivity contribution in [3.63, 3.8) is 0 Å². The summed E-state index contributed by atoms with van der Waals surface area (Å²) in [4.78, 5) is 4.20. The molecule has 1 atom stereocenters. The Bertz CT molecular complexity index is 306. The number of thiazole rings is 1. The minimum absolute atomic E-state index is 0.00456. The van der Waals surface area contributed by atoms with Gasteiger partial charge in [-0.05, 0) is 12.3 Å². The molecule has 0 aliphatic rings. The zero-order valence-corrected chi connectivity index (χ0v) is 9.58. The molecule has 0 amide bonds. The first-order chi connectivity index (χ1) is 6.92. The highest BCUT2D eigenvalue weighted by Gasteiger charge is 2.27. The van der Waals surface area contributed by atoms with Gasteiger partial charge in [0.2, 0.25) is 0 Å². The summed E-state index contributed by atoms with van der Waals surface area (Å²) in [6.07, 6.45) is -3.89. The van der Waals surface area contributed by atoms with Gasteiger partial charge in [-0.25, -0.2) is 4.98 Å². The predicted molar refractivity (Wildman–Crippen MR) is 55.2 cm³/mol. The Morgan fingerprint density at radius 3 is 2.67 bits per heavy atom. The van der Waals surface area contributed by atoms with E-state index in [1.54, 1.807) is 0 Å². The van der Waals surface area contributed by atoms with Crippen molar-refractivity contribution in [2.24, 2.45) is 0 Å². The number of halogens is 3. The number of aromatic nitrogens is 1. The lowest BCUT2D eigenvalue weighted by molar-refractivity contribution is -0.134. The molecule has 0 aliphatic heterocycles. The van der Waals surface area contributed by atoms with E-state index in [0.717, 1.165) is 12.1 Å². The van der Waals surface area contributed by atoms with Crippen LogP contribution in [0.4, 0.5) is 13.2 Å². The highest BCUT2D eigenvalue weighted by atomic mass is 32.1. The third-order valence-corrected chi connectivity index (χ3v) is 3.24. The summed E-state index contributed by atoms with van der Waals surface area (Å²) in [5, 5.41) is 2.45. The van der Waals surface area contributed by atoms with Crippen LogP contribution in [0.2, 0.25) is 0 Å². The summed E-state index contributed by atoms with van der Waals surface area (Å²) < 4.78 is 35.8. The van der Waals surface area contributed by atoms with Crippen LogP contribution in [0, 0.1) is 0 Å². The van der Waals surface area contributed by atoms with Crippen molar-refractivity contribution in [1.29, 1.82) is 0 Å². The van der Waals surface area contributed by atoms with E-state index >= 15 is 0 Å². The molecule has 0 spiro atoms. The van der Waals surface area contributed by atoms with Gasteiger partial charge in [0.1, 0.15) is 0 Å². The third-order valence-electron chi connectivity index (χ3n) is 2.31. The van der Waals surface area contributed by atoms with Crippen LogP contribution in [0.25, 0.3) is 0 Å². The Kier molecular flexibility index (Phi) is 4.13. The van der Waals surface area contributed by atoms with E-state index in [1.165, 1.54) is 11.3 Å². The van der Waals surface area contributed by atoms with Crippen molar-refractivity contribution in [2.45, 2.75) is 45.2 Å². The lowest BCUT2D eigenvalue weighted by atomic mass is 10.1. The zero-order chi connectivity index (χ0) is 11.5. The minimum Gasteiger partial charge on any atom is -0.246 e. The molecule has 0 aromatic carbocycles. The lowest BCUT2D eigenvalue weighted by Crippen LogP contribution is -2.08. The molecular formula is C10H14F3NS. The van der Waals surface area contributed by atoms with Gasteiger partial charge in [0.15, 0.2) is 0 Å². The van der Waals surface area contributed by atoms with Gasteiger partial charge in [0.25, 0.3) is 0 Å². The molecule has 15 heavy (non-hydrogen) atoms. The van der Waals surface area contributed by atoms with Crippen molar-refractivity contribution in [2.75, 3.05) is 0 Å². The monoisotopic (exact) mass is 237 g/mol. The molecule has 1 aromatic heterocycles. The molecule has 0 aliphatic carbocycles. The predicted octanol–water partition coefficient (Wildman–Crippen LogP) is 4.15. The summed E-state index contributed by atoms with van der Waals surface area (Å²) in [6.45, 7) is 4.07. The number of rotatable bonds is 4. The summed E-state index contributed by atoms with van der Waals surface area (Å²) in [5.74, 6) is 0.334. The highest BCUT2D eigenvalue weighted by molar-refractivity contribution is 7.09. The molecule has 1 rings (SSSR count). The minimum atomic E-state index is -4.08. The molecule has 0 fully saturated rings. The van der Waals surface area contributed by atoms with E-state index in [2.05, 4.69) is 4.98 Å². The van der Waals surface area contributed by atoms with E-state index < -0.39 is 12.6 Å². The van der Waals surface area contributed by atoms with Gasteiger partial charge in [-0.15, -0.1) is 11.3 Å². The van der Waals surface area contributed by atoms with Crippen LogP contribution in [0.3, 0.4) is 0 Å². The van der Waals surface area contributed by atoms with E-state index in [9.17, 15) is 13.2 Å². The van der Waals surface area contributed by atoms with Crippen molar-refractivity contribution in [1.82, 2.24) is 4.98 Å². The Hall–Kier alpha value is -0.580. The van der Waals surface area contributed by atoms with Gasteiger partial charge in [-0.1, -0.05) is 13.8 Å². The second-order valence-electron chi connectivity index (χ2n) is 3.59. The molecular weight excluding hydrogens is 223 g/mol. The zero-order valence-electron chi connectivity index (χ0n) is 8.77. The Morgan fingerprint density at radius 2 is 2.13 bits per heavy atom. The second-order valence-corrected chi connectivity index (χ2v) is 4.53. The Balaban J connectivity index is 2.53. The lowest BCUT2D eigenvalue weighted by Gasteiger charge is -2.04. The Labute approximate surface area is 91.3 Å². The van der Waals surface area contributed by atoms with Gasteiger partial charge in [-0.2, -0.15) is 13.2 Å². The van der Waals surface area contributed by atoms with Gasteiger partial charge in [0, 0.05) is 18.2 Å². The van der Waals surface area contributed by atoms with E-state index in [-0.39, 0.29) is 6.42 Å². The van der Waals surface area contributed by atoms with Gasteiger partial charge < -0.3 is 0 Å². The summed E-state index contributed by atoms with van der Waals surface area (Å²) in [6, 6.07) is 0. The molecule has 0 bridgehead atoms. The van der Waals surface area contributed by atoms with Crippen LogP contribution >= 0.6 is 11.3 Å². The SMILES string of the molecule is CCC(C)c1csc(CCC(F)(F)F)n1. The fraction of sp³-hybridized carbons (Fsp3) is 0.700. The first kappa shape index (κ1) is 12.5. The van der Waals surface area contributed by atoms with Crippen LogP contribution < -0.4 is 0 Å². The van der Waals surface area contributed by atoms with Crippen LogP contribution in [0.5, 0.6) is 0 Å². The number of hydrogen-bond acceptors (Lipinski definition) is 2. The third kappa shape index (κ3) is 4.20. The summed E-state index contributed by atoms with van der Waals surface area (Å²) >= 11 is 1.32. The summed E-state index contributed by atoms with van der Waals surface area (Å²) in [5.41, 5.74) is 0.916. The first-order valence-electron chi connectivity index (χ1n) is 4.93. The molecule has 0 saturated carbocycles. The average Bonchev–Trinajstić information content (AvgIpc) is 2.61. The molecule has 5 heteroatoms. The van der Waals surface area contributed by atoms with E-state index in [0.29, 0.717) is 10.9 Å². The second kappa shape index (κ2) is 4.96. The molecule has 0 radical (unpaired) electrons. The summed E-state index contributed by atoms with van der Waals surface area (Å²) in [7, 11) is 0. The van der Waals surface area contributed by atoms with Crippen LogP contribution in [0.15, 0.2) is 5.38 Å². The standard InChI is InChI=1S/C10H14F3NS/c1-3-7(2)8-6-15-9(14-8)4-5-10(11,12)13/h6-7H,3-5H2,1-2H3. The molecule has 1 heterocycles. The van der Waals surface area contributed by atoms with Crippen LogP contribution in [-0.4, -0.2) is 11.2 Å². The smallest absolute Gasteiger partial charge is 0.246 e. The molecule has 0 N–H and O–H groups in total. The largest absolute Gasteiger partial charge is 0.389 e. The van der Waals surface area contributed by atoms with Crippen LogP contribution in [0.1, 0.15) is 43.3 Å². The Morgan fingerprint density at radius 1 is 1.47 bits per heavy atom. The number of nitrogens with zero attached hydrogens (tertiary/aromatic N) is 1. The molecule has 86 valence electrons. The van der Waals surface area contributed by atoms with Gasteiger partial charge >= 0.3 is 6.18 Å².